The number of ether oxygens (including phenoxy) is 1. The summed E-state index contributed by atoms with van der Waals surface area (Å²) in [5, 5.41) is 5.78. The molecule has 1 aromatic heterocycles. The second-order valence-electron chi connectivity index (χ2n) is 5.08. The number of amides is 2. The molecule has 1 aromatic carbocycles. The molecule has 2 heterocycles. The molecule has 0 saturated carbocycles. The number of thiophene rings is 1. The van der Waals surface area contributed by atoms with E-state index in [-0.39, 0.29) is 6.03 Å². The predicted octanol–water partition coefficient (Wildman–Crippen LogP) is 3.11. The van der Waals surface area contributed by atoms with Gasteiger partial charge in [0.2, 0.25) is 0 Å². The van der Waals surface area contributed by atoms with E-state index in [1.54, 1.807) is 7.11 Å². The number of hydrogen-bond acceptors (Lipinski definition) is 4. The van der Waals surface area contributed by atoms with Crippen LogP contribution < -0.4 is 15.0 Å². The van der Waals surface area contributed by atoms with Crippen LogP contribution in [-0.4, -0.2) is 44.2 Å². The highest BCUT2D eigenvalue weighted by Gasteiger charge is 2.21. The normalized spacial score (nSPS) is 14.8. The third kappa shape index (κ3) is 3.33. The van der Waals surface area contributed by atoms with Crippen LogP contribution in [0.4, 0.5) is 15.5 Å². The van der Waals surface area contributed by atoms with E-state index in [2.05, 4.69) is 22.3 Å². The average molecular weight is 317 g/mol. The van der Waals surface area contributed by atoms with Gasteiger partial charge in [0.1, 0.15) is 5.75 Å². The summed E-state index contributed by atoms with van der Waals surface area (Å²) < 4.78 is 5.18. The van der Waals surface area contributed by atoms with Crippen LogP contribution in [-0.2, 0) is 0 Å². The van der Waals surface area contributed by atoms with Gasteiger partial charge in [-0.15, -0.1) is 11.3 Å². The van der Waals surface area contributed by atoms with Crippen molar-refractivity contribution in [3.63, 3.8) is 0 Å². The van der Waals surface area contributed by atoms with Crippen LogP contribution in [0.5, 0.6) is 5.75 Å². The van der Waals surface area contributed by atoms with E-state index in [1.165, 1.54) is 17.0 Å². The lowest BCUT2D eigenvalue weighted by atomic mass is 10.2. The molecule has 0 bridgehead atoms. The van der Waals surface area contributed by atoms with Crippen LogP contribution in [0.3, 0.4) is 0 Å². The highest BCUT2D eigenvalue weighted by Crippen LogP contribution is 2.21. The molecule has 0 spiro atoms. The molecule has 6 heteroatoms. The average Bonchev–Trinajstić information content (AvgIpc) is 3.08. The molecule has 0 atom stereocenters. The summed E-state index contributed by atoms with van der Waals surface area (Å²) in [5.41, 5.74) is 1.17. The quantitative estimate of drug-likeness (QED) is 0.946. The number of nitrogens with one attached hydrogen (secondary N) is 1. The monoisotopic (exact) mass is 317 g/mol. The van der Waals surface area contributed by atoms with Gasteiger partial charge >= 0.3 is 6.03 Å². The first-order valence-corrected chi connectivity index (χ1v) is 8.12. The van der Waals surface area contributed by atoms with Gasteiger partial charge in [-0.05, 0) is 41.8 Å². The lowest BCUT2D eigenvalue weighted by Gasteiger charge is -2.36. The number of carbonyl (C=O) groups excluding carboxylic acids is 1. The Labute approximate surface area is 134 Å². The molecule has 1 aliphatic rings. The molecular formula is C16H19N3O2S. The minimum Gasteiger partial charge on any atom is -0.497 e. The van der Waals surface area contributed by atoms with Crippen molar-refractivity contribution in [2.75, 3.05) is 43.5 Å². The van der Waals surface area contributed by atoms with Gasteiger partial charge in [0.15, 0.2) is 0 Å². The van der Waals surface area contributed by atoms with Crippen molar-refractivity contribution < 1.29 is 9.53 Å². The zero-order valence-corrected chi connectivity index (χ0v) is 13.3. The number of urea groups is 1. The van der Waals surface area contributed by atoms with Gasteiger partial charge < -0.3 is 14.5 Å². The first kappa shape index (κ1) is 14.7. The van der Waals surface area contributed by atoms with Crippen LogP contribution in [0, 0.1) is 0 Å². The molecule has 0 unspecified atom stereocenters. The highest BCUT2D eigenvalue weighted by molar-refractivity contribution is 7.14. The third-order valence-electron chi connectivity index (χ3n) is 3.76. The van der Waals surface area contributed by atoms with Crippen LogP contribution in [0.1, 0.15) is 0 Å². The van der Waals surface area contributed by atoms with Gasteiger partial charge in [-0.25, -0.2) is 4.79 Å². The summed E-state index contributed by atoms with van der Waals surface area (Å²) in [6, 6.07) is 11.9. The Kier molecular flexibility index (Phi) is 4.48. The molecule has 1 fully saturated rings. The van der Waals surface area contributed by atoms with E-state index in [0.29, 0.717) is 0 Å². The molecule has 1 N–H and O–H groups in total. The summed E-state index contributed by atoms with van der Waals surface area (Å²) in [6.45, 7) is 3.13. The number of anilines is 2. The summed E-state index contributed by atoms with van der Waals surface area (Å²) >= 11 is 1.54. The SMILES string of the molecule is COc1ccc(N2CCN(C(=O)Nc3cccs3)CC2)cc1. The number of methoxy groups -OCH3 is 1. The Hall–Kier alpha value is -2.21. The molecule has 5 nitrogen and oxygen atoms in total. The number of benzene rings is 1. The lowest BCUT2D eigenvalue weighted by molar-refractivity contribution is 0.208. The minimum atomic E-state index is -0.0168. The maximum Gasteiger partial charge on any atom is 0.322 e. The molecule has 116 valence electrons. The van der Waals surface area contributed by atoms with Gasteiger partial charge in [0, 0.05) is 31.9 Å². The van der Waals surface area contributed by atoms with Gasteiger partial charge in [0.25, 0.3) is 0 Å². The number of rotatable bonds is 3. The smallest absolute Gasteiger partial charge is 0.322 e. The Balaban J connectivity index is 1.54. The van der Waals surface area contributed by atoms with Crippen LogP contribution in [0.15, 0.2) is 41.8 Å². The highest BCUT2D eigenvalue weighted by atomic mass is 32.1. The first-order chi connectivity index (χ1) is 10.8. The van der Waals surface area contributed by atoms with E-state index in [9.17, 15) is 4.79 Å². The standard InChI is InChI=1S/C16H19N3O2S/c1-21-14-6-4-13(5-7-14)18-8-10-19(11-9-18)16(20)17-15-3-2-12-22-15/h2-7,12H,8-11H2,1H3,(H,17,20). The van der Waals surface area contributed by atoms with Crippen molar-refractivity contribution in [1.82, 2.24) is 4.90 Å². The topological polar surface area (TPSA) is 44.8 Å². The molecule has 2 aromatic rings. The van der Waals surface area contributed by atoms with E-state index >= 15 is 0 Å². The van der Waals surface area contributed by atoms with E-state index in [1.807, 2.05) is 34.5 Å². The molecule has 2 amide bonds. The van der Waals surface area contributed by atoms with Crippen LogP contribution in [0.25, 0.3) is 0 Å². The Morgan fingerprint density at radius 1 is 1.14 bits per heavy atom. The first-order valence-electron chi connectivity index (χ1n) is 7.25. The fraction of sp³-hybridized carbons (Fsp3) is 0.312. The maximum absolute atomic E-state index is 12.2. The number of piperazine rings is 1. The van der Waals surface area contributed by atoms with Crippen LogP contribution in [0.2, 0.25) is 0 Å². The van der Waals surface area contributed by atoms with Gasteiger partial charge in [-0.2, -0.15) is 0 Å². The zero-order chi connectivity index (χ0) is 15.4. The second kappa shape index (κ2) is 6.70. The molecule has 0 aliphatic carbocycles. The largest absolute Gasteiger partial charge is 0.497 e. The van der Waals surface area contributed by atoms with Gasteiger partial charge in [0.05, 0.1) is 12.1 Å². The van der Waals surface area contributed by atoms with Crippen molar-refractivity contribution in [2.24, 2.45) is 0 Å². The summed E-state index contributed by atoms with van der Waals surface area (Å²) in [7, 11) is 1.67. The second-order valence-corrected chi connectivity index (χ2v) is 6.03. The van der Waals surface area contributed by atoms with Crippen molar-refractivity contribution in [1.29, 1.82) is 0 Å². The molecule has 1 aliphatic heterocycles. The summed E-state index contributed by atoms with van der Waals surface area (Å²) in [6.07, 6.45) is 0. The van der Waals surface area contributed by atoms with Crippen molar-refractivity contribution in [3.05, 3.63) is 41.8 Å². The van der Waals surface area contributed by atoms with Crippen LogP contribution >= 0.6 is 11.3 Å². The summed E-state index contributed by atoms with van der Waals surface area (Å²) in [4.78, 5) is 16.3. The molecule has 22 heavy (non-hydrogen) atoms. The molecule has 1 saturated heterocycles. The Morgan fingerprint density at radius 3 is 2.45 bits per heavy atom. The number of carbonyl (C=O) groups is 1. The van der Waals surface area contributed by atoms with Crippen molar-refractivity contribution >= 4 is 28.1 Å². The van der Waals surface area contributed by atoms with E-state index < -0.39 is 0 Å². The number of nitrogens with zero attached hydrogens (tertiary/aromatic N) is 2. The zero-order valence-electron chi connectivity index (χ0n) is 12.5. The third-order valence-corrected chi connectivity index (χ3v) is 4.54. The van der Waals surface area contributed by atoms with E-state index in [0.717, 1.165) is 36.9 Å². The Morgan fingerprint density at radius 2 is 1.86 bits per heavy atom. The van der Waals surface area contributed by atoms with E-state index in [4.69, 9.17) is 4.74 Å². The molecular weight excluding hydrogens is 298 g/mol. The molecule has 3 rings (SSSR count). The maximum atomic E-state index is 12.2. The fourth-order valence-corrected chi connectivity index (χ4v) is 3.10. The fourth-order valence-electron chi connectivity index (χ4n) is 2.49. The minimum absolute atomic E-state index is 0.0168. The van der Waals surface area contributed by atoms with Gasteiger partial charge in [-0.1, -0.05) is 0 Å². The lowest BCUT2D eigenvalue weighted by Crippen LogP contribution is -2.50. The Bertz CT molecular complexity index is 605. The van der Waals surface area contributed by atoms with Crippen molar-refractivity contribution in [2.45, 2.75) is 0 Å². The number of hydrogen-bond donors (Lipinski definition) is 1. The summed E-state index contributed by atoms with van der Waals surface area (Å²) in [5.74, 6) is 0.859. The molecule has 0 radical (unpaired) electrons. The van der Waals surface area contributed by atoms with Gasteiger partial charge in [-0.3, -0.25) is 5.32 Å². The predicted molar refractivity (Wildman–Crippen MR) is 90.1 cm³/mol. The van der Waals surface area contributed by atoms with Crippen molar-refractivity contribution in [3.8, 4) is 5.75 Å².